The Balaban J connectivity index is 1.32. The second-order valence-electron chi connectivity index (χ2n) is 7.63. The highest BCUT2D eigenvalue weighted by molar-refractivity contribution is 9.10. The van der Waals surface area contributed by atoms with Crippen molar-refractivity contribution in [2.75, 3.05) is 5.75 Å². The number of hydrogen-bond donors (Lipinski definition) is 1. The standard InChI is InChI=1S/C27H20BrN5OS/c28-22-13-15-23(16-14-22)33-26(20-8-2-1-3-9-20)31-32-27(33)35-18-25(34)30-29-17-21-11-6-10-19-7-4-5-12-24(19)21/h1-17H,18H2,(H,30,34). The highest BCUT2D eigenvalue weighted by Crippen LogP contribution is 2.28. The van der Waals surface area contributed by atoms with Crippen LogP contribution in [0.4, 0.5) is 0 Å². The van der Waals surface area contributed by atoms with Crippen LogP contribution in [0, 0.1) is 0 Å². The van der Waals surface area contributed by atoms with Crippen molar-refractivity contribution < 1.29 is 4.79 Å². The highest BCUT2D eigenvalue weighted by atomic mass is 79.9. The second kappa shape index (κ2) is 10.7. The fourth-order valence-corrected chi connectivity index (χ4v) is 4.67. The van der Waals surface area contributed by atoms with Gasteiger partial charge in [-0.1, -0.05) is 100 Å². The maximum Gasteiger partial charge on any atom is 0.250 e. The number of aromatic nitrogens is 3. The third kappa shape index (κ3) is 5.34. The van der Waals surface area contributed by atoms with Gasteiger partial charge in [0.2, 0.25) is 0 Å². The molecule has 8 heteroatoms. The molecule has 0 bridgehead atoms. The van der Waals surface area contributed by atoms with Crippen LogP contribution in [0.1, 0.15) is 5.56 Å². The Labute approximate surface area is 215 Å². The van der Waals surface area contributed by atoms with Crippen LogP contribution < -0.4 is 5.43 Å². The number of amides is 1. The minimum absolute atomic E-state index is 0.149. The maximum absolute atomic E-state index is 12.5. The molecule has 0 saturated heterocycles. The first-order chi connectivity index (χ1) is 17.2. The largest absolute Gasteiger partial charge is 0.272 e. The molecule has 1 amide bonds. The summed E-state index contributed by atoms with van der Waals surface area (Å²) in [7, 11) is 0. The molecule has 172 valence electrons. The number of thioether (sulfide) groups is 1. The monoisotopic (exact) mass is 541 g/mol. The molecule has 0 aliphatic heterocycles. The van der Waals surface area contributed by atoms with Crippen LogP contribution in [0.25, 0.3) is 27.8 Å². The number of nitrogens with one attached hydrogen (secondary N) is 1. The molecule has 0 aliphatic rings. The molecule has 35 heavy (non-hydrogen) atoms. The van der Waals surface area contributed by atoms with Crippen molar-refractivity contribution in [3.05, 3.63) is 107 Å². The molecule has 6 nitrogen and oxygen atoms in total. The van der Waals surface area contributed by atoms with Crippen LogP contribution in [0.5, 0.6) is 0 Å². The average Bonchev–Trinajstić information content (AvgIpc) is 3.32. The van der Waals surface area contributed by atoms with Crippen LogP contribution in [0.3, 0.4) is 0 Å². The Hall–Kier alpha value is -3.75. The average molecular weight is 542 g/mol. The molecule has 0 radical (unpaired) electrons. The number of rotatable bonds is 7. The summed E-state index contributed by atoms with van der Waals surface area (Å²) in [6.07, 6.45) is 1.67. The van der Waals surface area contributed by atoms with E-state index in [9.17, 15) is 4.79 Å². The van der Waals surface area contributed by atoms with Gasteiger partial charge in [0.15, 0.2) is 11.0 Å². The van der Waals surface area contributed by atoms with Gasteiger partial charge in [-0.15, -0.1) is 10.2 Å². The van der Waals surface area contributed by atoms with E-state index in [-0.39, 0.29) is 11.7 Å². The van der Waals surface area contributed by atoms with E-state index in [0.29, 0.717) is 11.0 Å². The zero-order chi connectivity index (χ0) is 24.0. The lowest BCUT2D eigenvalue weighted by atomic mass is 10.1. The molecule has 0 aliphatic carbocycles. The number of carbonyl (C=O) groups excluding carboxylic acids is 1. The Morgan fingerprint density at radius 2 is 1.66 bits per heavy atom. The van der Waals surface area contributed by atoms with E-state index < -0.39 is 0 Å². The van der Waals surface area contributed by atoms with Gasteiger partial charge < -0.3 is 0 Å². The number of fused-ring (bicyclic) bond motifs is 1. The molecule has 0 saturated carbocycles. The Bertz CT molecular complexity index is 1490. The normalized spacial score (nSPS) is 11.2. The first-order valence-electron chi connectivity index (χ1n) is 10.9. The molecule has 0 unspecified atom stereocenters. The van der Waals surface area contributed by atoms with Crippen molar-refractivity contribution in [1.82, 2.24) is 20.2 Å². The predicted octanol–water partition coefficient (Wildman–Crippen LogP) is 6.09. The van der Waals surface area contributed by atoms with Gasteiger partial charge in [-0.05, 0) is 35.0 Å². The zero-order valence-corrected chi connectivity index (χ0v) is 20.9. The lowest BCUT2D eigenvalue weighted by Gasteiger charge is -2.10. The highest BCUT2D eigenvalue weighted by Gasteiger charge is 2.17. The third-order valence-electron chi connectivity index (χ3n) is 5.30. The van der Waals surface area contributed by atoms with Gasteiger partial charge in [0.1, 0.15) is 0 Å². The van der Waals surface area contributed by atoms with Crippen molar-refractivity contribution >= 4 is 50.6 Å². The molecule has 4 aromatic carbocycles. The van der Waals surface area contributed by atoms with Crippen molar-refractivity contribution in [1.29, 1.82) is 0 Å². The van der Waals surface area contributed by atoms with Crippen LogP contribution in [0.2, 0.25) is 0 Å². The second-order valence-corrected chi connectivity index (χ2v) is 9.49. The summed E-state index contributed by atoms with van der Waals surface area (Å²) < 4.78 is 2.94. The predicted molar refractivity (Wildman–Crippen MR) is 145 cm³/mol. The summed E-state index contributed by atoms with van der Waals surface area (Å²) in [6.45, 7) is 0. The van der Waals surface area contributed by atoms with Gasteiger partial charge in [0.05, 0.1) is 12.0 Å². The van der Waals surface area contributed by atoms with Crippen LogP contribution in [-0.4, -0.2) is 32.6 Å². The topological polar surface area (TPSA) is 72.2 Å². The summed E-state index contributed by atoms with van der Waals surface area (Å²) in [5, 5.41) is 15.8. The van der Waals surface area contributed by atoms with Crippen molar-refractivity contribution in [3.8, 4) is 17.1 Å². The minimum Gasteiger partial charge on any atom is -0.272 e. The number of carbonyl (C=O) groups is 1. The number of nitrogens with zero attached hydrogens (tertiary/aromatic N) is 4. The van der Waals surface area contributed by atoms with Gasteiger partial charge in [-0.3, -0.25) is 9.36 Å². The Kier molecular flexibility index (Phi) is 7.02. The van der Waals surface area contributed by atoms with Gasteiger partial charge in [0, 0.05) is 21.3 Å². The van der Waals surface area contributed by atoms with E-state index in [0.717, 1.165) is 32.1 Å². The number of halogens is 1. The summed E-state index contributed by atoms with van der Waals surface area (Å²) in [5.41, 5.74) is 5.41. The van der Waals surface area contributed by atoms with Crippen LogP contribution >= 0.6 is 27.7 Å². The molecule has 0 spiro atoms. The molecule has 0 fully saturated rings. The Morgan fingerprint density at radius 3 is 2.49 bits per heavy atom. The SMILES string of the molecule is O=C(CSc1nnc(-c2ccccc2)n1-c1ccc(Br)cc1)NN=Cc1cccc2ccccc12. The van der Waals surface area contributed by atoms with Crippen molar-refractivity contribution in [3.63, 3.8) is 0 Å². The molecule has 1 N–H and O–H groups in total. The molecule has 1 aromatic heterocycles. The summed E-state index contributed by atoms with van der Waals surface area (Å²) in [6, 6.07) is 31.8. The van der Waals surface area contributed by atoms with Gasteiger partial charge >= 0.3 is 0 Å². The maximum atomic E-state index is 12.5. The van der Waals surface area contributed by atoms with Gasteiger partial charge in [0.25, 0.3) is 5.91 Å². The van der Waals surface area contributed by atoms with Gasteiger partial charge in [-0.2, -0.15) is 5.10 Å². The number of hydrogen-bond acceptors (Lipinski definition) is 5. The van der Waals surface area contributed by atoms with E-state index >= 15 is 0 Å². The van der Waals surface area contributed by atoms with E-state index in [1.807, 2.05) is 102 Å². The van der Waals surface area contributed by atoms with E-state index in [4.69, 9.17) is 0 Å². The first kappa shape index (κ1) is 23.0. The lowest BCUT2D eigenvalue weighted by molar-refractivity contribution is -0.118. The van der Waals surface area contributed by atoms with Crippen LogP contribution in [-0.2, 0) is 4.79 Å². The van der Waals surface area contributed by atoms with E-state index in [1.54, 1.807) is 6.21 Å². The van der Waals surface area contributed by atoms with Gasteiger partial charge in [-0.25, -0.2) is 5.43 Å². The molecule has 1 heterocycles. The lowest BCUT2D eigenvalue weighted by Crippen LogP contribution is -2.20. The van der Waals surface area contributed by atoms with Crippen LogP contribution in [0.15, 0.2) is 112 Å². The molecule has 5 aromatic rings. The van der Waals surface area contributed by atoms with Crippen molar-refractivity contribution in [2.24, 2.45) is 5.10 Å². The number of benzene rings is 4. The molecule has 5 rings (SSSR count). The molecular formula is C27H20BrN5OS. The smallest absolute Gasteiger partial charge is 0.250 e. The first-order valence-corrected chi connectivity index (χ1v) is 12.7. The fourth-order valence-electron chi connectivity index (χ4n) is 3.66. The van der Waals surface area contributed by atoms with E-state index in [2.05, 4.69) is 36.7 Å². The number of hydrazone groups is 1. The molecule has 0 atom stereocenters. The third-order valence-corrected chi connectivity index (χ3v) is 6.76. The fraction of sp³-hybridized carbons (Fsp3) is 0.0370. The quantitative estimate of drug-likeness (QED) is 0.154. The Morgan fingerprint density at radius 1 is 0.914 bits per heavy atom. The summed E-state index contributed by atoms with van der Waals surface area (Å²) in [4.78, 5) is 12.5. The summed E-state index contributed by atoms with van der Waals surface area (Å²) in [5.74, 6) is 0.638. The zero-order valence-electron chi connectivity index (χ0n) is 18.5. The van der Waals surface area contributed by atoms with E-state index in [1.165, 1.54) is 11.8 Å². The molecular weight excluding hydrogens is 522 g/mol. The van der Waals surface area contributed by atoms with Crippen molar-refractivity contribution in [2.45, 2.75) is 5.16 Å². The summed E-state index contributed by atoms with van der Waals surface area (Å²) >= 11 is 4.79. The minimum atomic E-state index is -0.224.